The van der Waals surface area contributed by atoms with Crippen LogP contribution in [0.2, 0.25) is 0 Å². The molecule has 0 unspecified atom stereocenters. The van der Waals surface area contributed by atoms with Crippen LogP contribution in [0.15, 0.2) is 18.2 Å². The van der Waals surface area contributed by atoms with Crippen LogP contribution in [-0.2, 0) is 4.79 Å². The maximum absolute atomic E-state index is 11.3. The summed E-state index contributed by atoms with van der Waals surface area (Å²) >= 11 is 0. The second-order valence-corrected chi connectivity index (χ2v) is 3.34. The Kier molecular flexibility index (Phi) is 2.38. The molecule has 1 aromatic carbocycles. The molecule has 0 spiro atoms. The van der Waals surface area contributed by atoms with Crippen LogP contribution in [0.5, 0.6) is 5.75 Å². The molecule has 0 aliphatic carbocycles. The second kappa shape index (κ2) is 3.56. The van der Waals surface area contributed by atoms with Gasteiger partial charge in [0.15, 0.2) is 6.61 Å². The third-order valence-corrected chi connectivity index (χ3v) is 2.37. The first-order chi connectivity index (χ1) is 7.09. The highest BCUT2D eigenvalue weighted by Gasteiger charge is 2.23. The average molecular weight is 207 g/mol. The summed E-state index contributed by atoms with van der Waals surface area (Å²) in [5.74, 6) is 0.363. The van der Waals surface area contributed by atoms with Gasteiger partial charge in [-0.1, -0.05) is 6.07 Å². The third-order valence-electron chi connectivity index (χ3n) is 2.37. The fourth-order valence-electron chi connectivity index (χ4n) is 1.45. The van der Waals surface area contributed by atoms with E-state index >= 15 is 0 Å². The number of ether oxygens (including phenoxy) is 1. The summed E-state index contributed by atoms with van der Waals surface area (Å²) in [6.07, 6.45) is 0. The Balaban J connectivity index is 2.42. The van der Waals surface area contributed by atoms with Gasteiger partial charge in [0.25, 0.3) is 5.91 Å². The van der Waals surface area contributed by atoms with Gasteiger partial charge < -0.3 is 19.7 Å². The van der Waals surface area contributed by atoms with E-state index in [0.717, 1.165) is 0 Å². The molecule has 2 N–H and O–H groups in total. The lowest BCUT2D eigenvalue weighted by Crippen LogP contribution is -2.37. The number of carbonyl (C=O) groups is 1. The van der Waals surface area contributed by atoms with Crippen LogP contribution >= 0.6 is 0 Å². The van der Waals surface area contributed by atoms with Crippen molar-refractivity contribution in [3.63, 3.8) is 0 Å². The molecule has 0 atom stereocenters. The first-order valence-corrected chi connectivity index (χ1v) is 4.49. The number of rotatable bonds is 1. The Morgan fingerprint density at radius 2 is 2.20 bits per heavy atom. The molecular formula is C9H10BNO4. The first kappa shape index (κ1) is 10.0. The third kappa shape index (κ3) is 1.69. The van der Waals surface area contributed by atoms with Crippen molar-refractivity contribution < 1.29 is 19.6 Å². The van der Waals surface area contributed by atoms with Crippen LogP contribution in [0.4, 0.5) is 5.69 Å². The Hall–Kier alpha value is -1.53. The molecule has 1 aliphatic rings. The molecule has 15 heavy (non-hydrogen) atoms. The van der Waals surface area contributed by atoms with Crippen molar-refractivity contribution in [2.75, 3.05) is 18.6 Å². The molecule has 2 rings (SSSR count). The summed E-state index contributed by atoms with van der Waals surface area (Å²) in [7, 11) is 0.125. The lowest BCUT2D eigenvalue weighted by atomic mass is 9.80. The van der Waals surface area contributed by atoms with E-state index in [1.54, 1.807) is 19.2 Å². The zero-order valence-electron chi connectivity index (χ0n) is 8.17. The highest BCUT2D eigenvalue weighted by molar-refractivity contribution is 6.58. The molecule has 5 nitrogen and oxygen atoms in total. The molecule has 0 aromatic heterocycles. The van der Waals surface area contributed by atoms with Crippen molar-refractivity contribution in [2.24, 2.45) is 0 Å². The zero-order valence-corrected chi connectivity index (χ0v) is 8.17. The lowest BCUT2D eigenvalue weighted by Gasteiger charge is -2.26. The van der Waals surface area contributed by atoms with Crippen LogP contribution in [0.25, 0.3) is 0 Å². The summed E-state index contributed by atoms with van der Waals surface area (Å²) in [6, 6.07) is 4.69. The van der Waals surface area contributed by atoms with Gasteiger partial charge in [0, 0.05) is 7.05 Å². The number of hydrogen-bond acceptors (Lipinski definition) is 4. The Labute approximate surface area is 87.0 Å². The number of fused-ring (bicyclic) bond motifs is 1. The van der Waals surface area contributed by atoms with E-state index in [-0.39, 0.29) is 12.5 Å². The molecular weight excluding hydrogens is 197 g/mol. The van der Waals surface area contributed by atoms with E-state index in [0.29, 0.717) is 16.9 Å². The van der Waals surface area contributed by atoms with Gasteiger partial charge in [0.2, 0.25) is 0 Å². The van der Waals surface area contributed by atoms with Gasteiger partial charge in [-0.3, -0.25) is 4.79 Å². The lowest BCUT2D eigenvalue weighted by molar-refractivity contribution is -0.120. The van der Waals surface area contributed by atoms with Gasteiger partial charge >= 0.3 is 7.12 Å². The van der Waals surface area contributed by atoms with Crippen molar-refractivity contribution in [1.29, 1.82) is 0 Å². The summed E-state index contributed by atoms with van der Waals surface area (Å²) < 4.78 is 5.18. The normalized spacial score (nSPS) is 14.6. The first-order valence-electron chi connectivity index (χ1n) is 4.49. The highest BCUT2D eigenvalue weighted by Crippen LogP contribution is 2.29. The molecule has 1 heterocycles. The summed E-state index contributed by atoms with van der Waals surface area (Å²) in [5, 5.41) is 17.9. The molecule has 1 aliphatic heterocycles. The number of hydrogen-bond donors (Lipinski definition) is 2. The number of carbonyl (C=O) groups excluding carboxylic acids is 1. The maximum atomic E-state index is 11.3. The van der Waals surface area contributed by atoms with Crippen molar-refractivity contribution in [3.8, 4) is 5.75 Å². The predicted octanol–water partition coefficient (Wildman–Crippen LogP) is -1.28. The Bertz CT molecular complexity index is 407. The van der Waals surface area contributed by atoms with E-state index < -0.39 is 7.12 Å². The molecule has 0 fully saturated rings. The van der Waals surface area contributed by atoms with Crippen LogP contribution in [0.3, 0.4) is 0 Å². The predicted molar refractivity (Wildman–Crippen MR) is 55.2 cm³/mol. The van der Waals surface area contributed by atoms with Crippen molar-refractivity contribution >= 4 is 24.2 Å². The molecule has 78 valence electrons. The van der Waals surface area contributed by atoms with Crippen molar-refractivity contribution in [2.45, 2.75) is 0 Å². The largest absolute Gasteiger partial charge is 0.488 e. The number of nitrogens with zero attached hydrogens (tertiary/aromatic N) is 1. The standard InChI is InChI=1S/C9H10BNO4/c1-11-7-3-2-6(10(13)14)4-8(7)15-5-9(11)12/h2-4,13-14H,5H2,1H3. The molecule has 0 bridgehead atoms. The Morgan fingerprint density at radius 1 is 1.47 bits per heavy atom. The van der Waals surface area contributed by atoms with E-state index in [9.17, 15) is 4.79 Å². The van der Waals surface area contributed by atoms with Crippen molar-refractivity contribution in [1.82, 2.24) is 0 Å². The van der Waals surface area contributed by atoms with E-state index in [4.69, 9.17) is 14.8 Å². The second-order valence-electron chi connectivity index (χ2n) is 3.34. The minimum atomic E-state index is -1.53. The van der Waals surface area contributed by atoms with Crippen molar-refractivity contribution in [3.05, 3.63) is 18.2 Å². The number of amides is 1. The van der Waals surface area contributed by atoms with Gasteiger partial charge in [-0.15, -0.1) is 0 Å². The quantitative estimate of drug-likeness (QED) is 0.563. The Morgan fingerprint density at radius 3 is 2.87 bits per heavy atom. The molecule has 1 aromatic rings. The summed E-state index contributed by atoms with van der Waals surface area (Å²) in [6.45, 7) is -0.0194. The monoisotopic (exact) mass is 207 g/mol. The minimum absolute atomic E-state index is 0.0194. The van der Waals surface area contributed by atoms with E-state index in [2.05, 4.69) is 0 Å². The zero-order chi connectivity index (χ0) is 11.0. The fourth-order valence-corrected chi connectivity index (χ4v) is 1.45. The fraction of sp³-hybridized carbons (Fsp3) is 0.222. The van der Waals surface area contributed by atoms with Gasteiger partial charge in [-0.05, 0) is 17.6 Å². The molecule has 0 saturated heterocycles. The smallest absolute Gasteiger partial charge is 0.482 e. The molecule has 6 heteroatoms. The van der Waals surface area contributed by atoms with E-state index in [1.807, 2.05) is 0 Å². The van der Waals surface area contributed by atoms with Gasteiger partial charge in [0.05, 0.1) is 5.69 Å². The van der Waals surface area contributed by atoms with E-state index in [1.165, 1.54) is 11.0 Å². The van der Waals surface area contributed by atoms with Gasteiger partial charge in [-0.2, -0.15) is 0 Å². The molecule has 0 radical (unpaired) electrons. The van der Waals surface area contributed by atoms with Gasteiger partial charge in [-0.25, -0.2) is 0 Å². The number of anilines is 1. The number of likely N-dealkylation sites (N-methyl/N-ethyl adjacent to an activating group) is 1. The minimum Gasteiger partial charge on any atom is -0.482 e. The van der Waals surface area contributed by atoms with Crippen LogP contribution in [-0.4, -0.2) is 36.7 Å². The highest BCUT2D eigenvalue weighted by atomic mass is 16.5. The van der Waals surface area contributed by atoms with Crippen LogP contribution in [0, 0.1) is 0 Å². The van der Waals surface area contributed by atoms with Crippen LogP contribution in [0.1, 0.15) is 0 Å². The SMILES string of the molecule is CN1C(=O)COc2cc(B(O)O)ccc21. The van der Waals surface area contributed by atoms with Crippen LogP contribution < -0.4 is 15.1 Å². The maximum Gasteiger partial charge on any atom is 0.488 e. The average Bonchev–Trinajstić information content (AvgIpc) is 2.23. The number of benzene rings is 1. The summed E-state index contributed by atoms with van der Waals surface area (Å²) in [5.41, 5.74) is 0.979. The molecule has 1 amide bonds. The van der Waals surface area contributed by atoms with Gasteiger partial charge in [0.1, 0.15) is 5.75 Å². The molecule has 0 saturated carbocycles. The summed E-state index contributed by atoms with van der Waals surface area (Å²) in [4.78, 5) is 12.8. The topological polar surface area (TPSA) is 70.0 Å².